The second-order valence-corrected chi connectivity index (χ2v) is 3.74. The van der Waals surface area contributed by atoms with Gasteiger partial charge in [-0.1, -0.05) is 31.2 Å². The molecular weight excluding hydrogens is 178 g/mol. The van der Waals surface area contributed by atoms with Crippen LogP contribution in [0.3, 0.4) is 0 Å². The molecule has 0 spiro atoms. The van der Waals surface area contributed by atoms with Crippen LogP contribution in [0.4, 0.5) is 0 Å². The summed E-state index contributed by atoms with van der Waals surface area (Å²) in [5, 5.41) is 3.14. The predicted octanol–water partition coefficient (Wildman–Crippen LogP) is 3.37. The van der Waals surface area contributed by atoms with E-state index in [0.717, 1.165) is 11.4 Å². The Kier molecular flexibility index (Phi) is 2.41. The van der Waals surface area contributed by atoms with Crippen molar-refractivity contribution in [3.63, 3.8) is 0 Å². The SMILES string of the molecule is CCc1ccccc1-c1nccs1. The summed E-state index contributed by atoms with van der Waals surface area (Å²) >= 11 is 1.69. The largest absolute Gasteiger partial charge is 0.245 e. The van der Waals surface area contributed by atoms with E-state index in [2.05, 4.69) is 36.2 Å². The third-order valence-electron chi connectivity index (χ3n) is 2.06. The van der Waals surface area contributed by atoms with Gasteiger partial charge in [0.05, 0.1) is 0 Å². The molecule has 2 rings (SSSR count). The third-order valence-corrected chi connectivity index (χ3v) is 2.87. The van der Waals surface area contributed by atoms with Gasteiger partial charge in [-0.2, -0.15) is 0 Å². The average Bonchev–Trinajstić information content (AvgIpc) is 2.70. The number of nitrogens with zero attached hydrogens (tertiary/aromatic N) is 1. The normalized spacial score (nSPS) is 10.2. The first-order valence-electron chi connectivity index (χ1n) is 4.39. The van der Waals surface area contributed by atoms with E-state index in [1.165, 1.54) is 11.1 Å². The molecular formula is C11H11NS. The minimum absolute atomic E-state index is 1.07. The van der Waals surface area contributed by atoms with Crippen molar-refractivity contribution in [1.29, 1.82) is 0 Å². The van der Waals surface area contributed by atoms with Crippen LogP contribution in [-0.4, -0.2) is 4.98 Å². The number of aryl methyl sites for hydroxylation is 1. The number of hydrogen-bond acceptors (Lipinski definition) is 2. The number of hydrogen-bond donors (Lipinski definition) is 0. The van der Waals surface area contributed by atoms with Gasteiger partial charge in [-0.3, -0.25) is 0 Å². The first kappa shape index (κ1) is 8.45. The zero-order valence-electron chi connectivity index (χ0n) is 7.53. The maximum Gasteiger partial charge on any atom is 0.123 e. The molecule has 2 aromatic rings. The van der Waals surface area contributed by atoms with Crippen LogP contribution in [0.1, 0.15) is 12.5 Å². The van der Waals surface area contributed by atoms with Gasteiger partial charge in [-0.25, -0.2) is 4.98 Å². The molecule has 0 aliphatic rings. The summed E-state index contributed by atoms with van der Waals surface area (Å²) in [6.07, 6.45) is 2.92. The third kappa shape index (κ3) is 1.63. The van der Waals surface area contributed by atoms with Gasteiger partial charge in [0.15, 0.2) is 0 Å². The maximum atomic E-state index is 4.31. The molecule has 0 atom stereocenters. The highest BCUT2D eigenvalue weighted by Crippen LogP contribution is 2.25. The quantitative estimate of drug-likeness (QED) is 0.705. The summed E-state index contributed by atoms with van der Waals surface area (Å²) in [4.78, 5) is 4.31. The van der Waals surface area contributed by atoms with Crippen LogP contribution in [-0.2, 0) is 6.42 Å². The Labute approximate surface area is 82.1 Å². The van der Waals surface area contributed by atoms with Gasteiger partial charge in [0.1, 0.15) is 5.01 Å². The first-order valence-corrected chi connectivity index (χ1v) is 5.27. The van der Waals surface area contributed by atoms with Gasteiger partial charge in [-0.05, 0) is 12.0 Å². The molecule has 0 aliphatic heterocycles. The van der Waals surface area contributed by atoms with Crippen molar-refractivity contribution in [3.05, 3.63) is 41.4 Å². The molecule has 1 aromatic heterocycles. The molecule has 0 fully saturated rings. The van der Waals surface area contributed by atoms with Crippen LogP contribution in [0.5, 0.6) is 0 Å². The number of benzene rings is 1. The summed E-state index contributed by atoms with van der Waals surface area (Å²) in [6.45, 7) is 2.17. The van der Waals surface area contributed by atoms with Crippen molar-refractivity contribution in [2.24, 2.45) is 0 Å². The Morgan fingerprint density at radius 2 is 2.15 bits per heavy atom. The number of rotatable bonds is 2. The van der Waals surface area contributed by atoms with Gasteiger partial charge >= 0.3 is 0 Å². The second kappa shape index (κ2) is 3.71. The van der Waals surface area contributed by atoms with Crippen molar-refractivity contribution in [3.8, 4) is 10.6 Å². The number of aromatic nitrogens is 1. The zero-order valence-corrected chi connectivity index (χ0v) is 8.34. The van der Waals surface area contributed by atoms with Crippen molar-refractivity contribution in [2.45, 2.75) is 13.3 Å². The van der Waals surface area contributed by atoms with Crippen LogP contribution in [0, 0.1) is 0 Å². The van der Waals surface area contributed by atoms with Crippen LogP contribution in [0.15, 0.2) is 35.8 Å². The molecule has 0 N–H and O–H groups in total. The molecule has 1 nitrogen and oxygen atoms in total. The van der Waals surface area contributed by atoms with Crippen molar-refractivity contribution in [1.82, 2.24) is 4.98 Å². The minimum atomic E-state index is 1.07. The molecule has 0 radical (unpaired) electrons. The van der Waals surface area contributed by atoms with Crippen LogP contribution in [0.2, 0.25) is 0 Å². The lowest BCUT2D eigenvalue weighted by Crippen LogP contribution is -1.85. The molecule has 0 bridgehead atoms. The molecule has 2 heteroatoms. The minimum Gasteiger partial charge on any atom is -0.245 e. The van der Waals surface area contributed by atoms with E-state index in [1.54, 1.807) is 11.3 Å². The molecule has 1 aromatic carbocycles. The van der Waals surface area contributed by atoms with E-state index < -0.39 is 0 Å². The second-order valence-electron chi connectivity index (χ2n) is 2.85. The first-order chi connectivity index (χ1) is 6.42. The highest BCUT2D eigenvalue weighted by molar-refractivity contribution is 7.13. The Morgan fingerprint density at radius 1 is 1.31 bits per heavy atom. The smallest absolute Gasteiger partial charge is 0.123 e. The van der Waals surface area contributed by atoms with E-state index in [1.807, 2.05) is 11.6 Å². The standard InChI is InChI=1S/C11H11NS/c1-2-9-5-3-4-6-10(9)11-12-7-8-13-11/h3-8H,2H2,1H3. The molecule has 0 saturated carbocycles. The van der Waals surface area contributed by atoms with Gasteiger partial charge < -0.3 is 0 Å². The van der Waals surface area contributed by atoms with Crippen molar-refractivity contribution < 1.29 is 0 Å². The van der Waals surface area contributed by atoms with E-state index in [-0.39, 0.29) is 0 Å². The molecule has 0 saturated heterocycles. The molecule has 66 valence electrons. The molecule has 0 amide bonds. The fourth-order valence-electron chi connectivity index (χ4n) is 1.39. The lowest BCUT2D eigenvalue weighted by molar-refractivity contribution is 1.14. The van der Waals surface area contributed by atoms with Gasteiger partial charge in [0.2, 0.25) is 0 Å². The summed E-state index contributed by atoms with van der Waals surface area (Å²) in [6, 6.07) is 8.44. The average molecular weight is 189 g/mol. The lowest BCUT2D eigenvalue weighted by Gasteiger charge is -2.02. The lowest BCUT2D eigenvalue weighted by atomic mass is 10.1. The molecule has 1 heterocycles. The van der Waals surface area contributed by atoms with Gasteiger partial charge in [-0.15, -0.1) is 11.3 Å². The van der Waals surface area contributed by atoms with Gasteiger partial charge in [0, 0.05) is 17.1 Å². The summed E-state index contributed by atoms with van der Waals surface area (Å²) < 4.78 is 0. The summed E-state index contributed by atoms with van der Waals surface area (Å²) in [5.41, 5.74) is 2.65. The highest BCUT2D eigenvalue weighted by Gasteiger charge is 2.03. The summed E-state index contributed by atoms with van der Waals surface area (Å²) in [7, 11) is 0. The predicted molar refractivity (Wildman–Crippen MR) is 56.9 cm³/mol. The van der Waals surface area contributed by atoms with E-state index in [0.29, 0.717) is 0 Å². The Hall–Kier alpha value is -1.15. The Bertz CT molecular complexity index is 379. The van der Waals surface area contributed by atoms with Gasteiger partial charge in [0.25, 0.3) is 0 Å². The van der Waals surface area contributed by atoms with E-state index in [9.17, 15) is 0 Å². The topological polar surface area (TPSA) is 12.9 Å². The Balaban J connectivity index is 2.51. The zero-order chi connectivity index (χ0) is 9.10. The summed E-state index contributed by atoms with van der Waals surface area (Å²) in [5.74, 6) is 0. The maximum absolute atomic E-state index is 4.31. The fourth-order valence-corrected chi connectivity index (χ4v) is 2.09. The monoisotopic (exact) mass is 189 g/mol. The van der Waals surface area contributed by atoms with Crippen molar-refractivity contribution in [2.75, 3.05) is 0 Å². The van der Waals surface area contributed by atoms with Crippen LogP contribution < -0.4 is 0 Å². The van der Waals surface area contributed by atoms with Crippen LogP contribution in [0.25, 0.3) is 10.6 Å². The van der Waals surface area contributed by atoms with Crippen LogP contribution >= 0.6 is 11.3 Å². The molecule has 0 aliphatic carbocycles. The van der Waals surface area contributed by atoms with E-state index >= 15 is 0 Å². The fraction of sp³-hybridized carbons (Fsp3) is 0.182. The molecule has 0 unspecified atom stereocenters. The van der Waals surface area contributed by atoms with E-state index in [4.69, 9.17) is 0 Å². The number of thiazole rings is 1. The van der Waals surface area contributed by atoms with Crippen molar-refractivity contribution >= 4 is 11.3 Å². The Morgan fingerprint density at radius 3 is 2.85 bits per heavy atom. The highest BCUT2D eigenvalue weighted by atomic mass is 32.1. The molecule has 13 heavy (non-hydrogen) atoms.